The van der Waals surface area contributed by atoms with Crippen molar-refractivity contribution >= 4 is 23.3 Å². The topological polar surface area (TPSA) is 87.7 Å². The number of rotatable bonds is 4. The van der Waals surface area contributed by atoms with E-state index in [1.807, 2.05) is 24.0 Å². The van der Waals surface area contributed by atoms with Gasteiger partial charge in [0.05, 0.1) is 18.1 Å². The Kier molecular flexibility index (Phi) is 3.72. The van der Waals surface area contributed by atoms with Crippen LogP contribution in [-0.2, 0) is 11.2 Å². The SMILES string of the molecule is Cc1cnncc1-c1cc(N2C(=O)C(Cc3ccc(Cl)nc3)C3CC32)n[nH]1. The minimum Gasteiger partial charge on any atom is -0.292 e. The number of fused-ring (bicyclic) bond motifs is 1. The van der Waals surface area contributed by atoms with Crippen LogP contribution < -0.4 is 4.90 Å². The van der Waals surface area contributed by atoms with Gasteiger partial charge in [-0.05, 0) is 42.9 Å². The van der Waals surface area contributed by atoms with Crippen molar-refractivity contribution in [2.45, 2.75) is 25.8 Å². The normalized spacial score (nSPS) is 23.6. The number of pyridine rings is 1. The zero-order chi connectivity index (χ0) is 18.5. The minimum absolute atomic E-state index is 0.0255. The molecule has 0 aromatic carbocycles. The number of nitrogens with one attached hydrogen (secondary N) is 1. The van der Waals surface area contributed by atoms with Crippen LogP contribution in [0.2, 0.25) is 5.15 Å². The number of piperidine rings is 1. The van der Waals surface area contributed by atoms with Gasteiger partial charge in [-0.25, -0.2) is 4.98 Å². The maximum Gasteiger partial charge on any atom is 0.232 e. The number of halogens is 1. The molecule has 1 saturated carbocycles. The lowest BCUT2D eigenvalue weighted by atomic mass is 9.96. The molecule has 1 N–H and O–H groups in total. The molecule has 0 spiro atoms. The number of amides is 1. The molecule has 1 aliphatic heterocycles. The monoisotopic (exact) mass is 380 g/mol. The van der Waals surface area contributed by atoms with Crippen molar-refractivity contribution in [1.29, 1.82) is 0 Å². The molecule has 3 unspecified atom stereocenters. The number of hydrogen-bond donors (Lipinski definition) is 1. The van der Waals surface area contributed by atoms with Gasteiger partial charge in [-0.15, -0.1) is 0 Å². The van der Waals surface area contributed by atoms with Crippen molar-refractivity contribution < 1.29 is 4.79 Å². The molecule has 0 bridgehead atoms. The third-order valence-electron chi connectivity index (χ3n) is 5.48. The van der Waals surface area contributed by atoms with Gasteiger partial charge < -0.3 is 0 Å². The minimum atomic E-state index is -0.0255. The number of aromatic amines is 1. The van der Waals surface area contributed by atoms with Gasteiger partial charge >= 0.3 is 0 Å². The van der Waals surface area contributed by atoms with Crippen LogP contribution in [0.1, 0.15) is 17.5 Å². The molecule has 3 atom stereocenters. The van der Waals surface area contributed by atoms with E-state index in [9.17, 15) is 4.79 Å². The zero-order valence-corrected chi connectivity index (χ0v) is 15.4. The highest BCUT2D eigenvalue weighted by Crippen LogP contribution is 2.51. The molecule has 8 heteroatoms. The van der Waals surface area contributed by atoms with Crippen molar-refractivity contribution in [3.8, 4) is 11.3 Å². The summed E-state index contributed by atoms with van der Waals surface area (Å²) in [5.74, 6) is 1.17. The average Bonchev–Trinajstić information content (AvgIpc) is 3.18. The summed E-state index contributed by atoms with van der Waals surface area (Å²) in [6, 6.07) is 5.87. The second-order valence-corrected chi connectivity index (χ2v) is 7.59. The summed E-state index contributed by atoms with van der Waals surface area (Å²) in [5, 5.41) is 15.7. The summed E-state index contributed by atoms with van der Waals surface area (Å²) in [6.07, 6.45) is 6.88. The standard InChI is InChI=1S/C19H17ClN6O/c1-10-7-22-23-9-14(10)15-6-18(25-24-15)26-16-5-12(16)13(19(26)27)4-11-2-3-17(20)21-8-11/h2-3,6-9,12-13,16H,4-5H2,1H3,(H,24,25). The molecule has 2 aliphatic rings. The first kappa shape index (κ1) is 16.4. The first-order valence-corrected chi connectivity index (χ1v) is 9.26. The van der Waals surface area contributed by atoms with Crippen LogP contribution in [0, 0.1) is 18.8 Å². The highest BCUT2D eigenvalue weighted by Gasteiger charge is 2.59. The number of H-pyrrole nitrogens is 1. The number of hydrogen-bond acceptors (Lipinski definition) is 5. The molecule has 5 rings (SSSR count). The lowest BCUT2D eigenvalue weighted by molar-refractivity contribution is -0.121. The Balaban J connectivity index is 1.39. The number of carbonyl (C=O) groups excluding carboxylic acids is 1. The van der Waals surface area contributed by atoms with E-state index in [1.54, 1.807) is 24.7 Å². The molecule has 3 aromatic heterocycles. The first-order chi connectivity index (χ1) is 13.1. The summed E-state index contributed by atoms with van der Waals surface area (Å²) in [6.45, 7) is 1.97. The van der Waals surface area contributed by atoms with Crippen molar-refractivity contribution in [3.63, 3.8) is 0 Å². The van der Waals surface area contributed by atoms with Crippen LogP contribution in [0.3, 0.4) is 0 Å². The number of anilines is 1. The Morgan fingerprint density at radius 1 is 1.26 bits per heavy atom. The summed E-state index contributed by atoms with van der Waals surface area (Å²) in [5.41, 5.74) is 3.82. The van der Waals surface area contributed by atoms with E-state index >= 15 is 0 Å². The Hall–Kier alpha value is -2.80. The third-order valence-corrected chi connectivity index (χ3v) is 5.71. The number of nitrogens with zero attached hydrogens (tertiary/aromatic N) is 5. The molecule has 1 aliphatic carbocycles. The second-order valence-electron chi connectivity index (χ2n) is 7.20. The lowest BCUT2D eigenvalue weighted by Crippen LogP contribution is -2.32. The van der Waals surface area contributed by atoms with Gasteiger partial charge in [-0.3, -0.25) is 14.8 Å². The van der Waals surface area contributed by atoms with E-state index in [1.165, 1.54) is 0 Å². The molecule has 2 fully saturated rings. The predicted octanol–water partition coefficient (Wildman–Crippen LogP) is 2.82. The highest BCUT2D eigenvalue weighted by molar-refractivity contribution is 6.29. The van der Waals surface area contributed by atoms with E-state index in [-0.39, 0.29) is 17.9 Å². The molecular formula is C19H17ClN6O. The van der Waals surface area contributed by atoms with E-state index < -0.39 is 0 Å². The fourth-order valence-corrected chi connectivity index (χ4v) is 4.11. The van der Waals surface area contributed by atoms with Crippen LogP contribution in [-0.4, -0.2) is 37.3 Å². The van der Waals surface area contributed by atoms with Gasteiger partial charge in [-0.2, -0.15) is 15.3 Å². The molecule has 136 valence electrons. The van der Waals surface area contributed by atoms with Gasteiger partial charge in [0.1, 0.15) is 5.15 Å². The van der Waals surface area contributed by atoms with Crippen LogP contribution in [0.4, 0.5) is 5.82 Å². The number of aromatic nitrogens is 5. The third kappa shape index (κ3) is 2.78. The second kappa shape index (κ2) is 6.13. The van der Waals surface area contributed by atoms with Gasteiger partial charge in [0.25, 0.3) is 0 Å². The van der Waals surface area contributed by atoms with Gasteiger partial charge in [-0.1, -0.05) is 17.7 Å². The largest absolute Gasteiger partial charge is 0.292 e. The fraction of sp³-hybridized carbons (Fsp3) is 0.316. The van der Waals surface area contributed by atoms with Crippen molar-refractivity contribution in [2.24, 2.45) is 11.8 Å². The van der Waals surface area contributed by atoms with Crippen LogP contribution in [0.15, 0.2) is 36.8 Å². The van der Waals surface area contributed by atoms with Crippen molar-refractivity contribution in [2.75, 3.05) is 4.90 Å². The molecule has 1 saturated heterocycles. The Morgan fingerprint density at radius 3 is 2.89 bits per heavy atom. The summed E-state index contributed by atoms with van der Waals surface area (Å²) in [4.78, 5) is 19.0. The predicted molar refractivity (Wildman–Crippen MR) is 100 cm³/mol. The van der Waals surface area contributed by atoms with Crippen molar-refractivity contribution in [1.82, 2.24) is 25.4 Å². The van der Waals surface area contributed by atoms with Crippen LogP contribution in [0.5, 0.6) is 0 Å². The molecular weight excluding hydrogens is 364 g/mol. The smallest absolute Gasteiger partial charge is 0.232 e. The molecule has 1 amide bonds. The molecule has 3 aromatic rings. The van der Waals surface area contributed by atoms with Gasteiger partial charge in [0.15, 0.2) is 5.82 Å². The Bertz CT molecular complexity index is 1020. The van der Waals surface area contributed by atoms with Crippen LogP contribution >= 0.6 is 11.6 Å². The fourth-order valence-electron chi connectivity index (χ4n) is 3.99. The van der Waals surface area contributed by atoms with E-state index in [4.69, 9.17) is 11.6 Å². The van der Waals surface area contributed by atoms with E-state index in [0.29, 0.717) is 23.3 Å². The van der Waals surface area contributed by atoms with E-state index in [0.717, 1.165) is 28.8 Å². The first-order valence-electron chi connectivity index (χ1n) is 8.88. The molecule has 7 nitrogen and oxygen atoms in total. The number of aryl methyl sites for hydroxylation is 1. The Morgan fingerprint density at radius 2 is 2.11 bits per heavy atom. The highest BCUT2D eigenvalue weighted by atomic mass is 35.5. The summed E-state index contributed by atoms with van der Waals surface area (Å²) < 4.78 is 0. The Labute approximate surface area is 160 Å². The molecule has 27 heavy (non-hydrogen) atoms. The van der Waals surface area contributed by atoms with Crippen molar-refractivity contribution in [3.05, 3.63) is 53.1 Å². The average molecular weight is 381 g/mol. The quantitative estimate of drug-likeness (QED) is 0.703. The molecule has 0 radical (unpaired) electrons. The maximum atomic E-state index is 13.0. The summed E-state index contributed by atoms with van der Waals surface area (Å²) >= 11 is 5.85. The van der Waals surface area contributed by atoms with E-state index in [2.05, 4.69) is 25.4 Å². The van der Waals surface area contributed by atoms with Gasteiger partial charge in [0.2, 0.25) is 5.91 Å². The van der Waals surface area contributed by atoms with Crippen LogP contribution in [0.25, 0.3) is 11.3 Å². The molecule has 4 heterocycles. The van der Waals surface area contributed by atoms with Gasteiger partial charge in [0, 0.05) is 29.8 Å². The lowest BCUT2D eigenvalue weighted by Gasteiger charge is -2.18. The maximum absolute atomic E-state index is 13.0. The number of carbonyl (C=O) groups is 1. The summed E-state index contributed by atoms with van der Waals surface area (Å²) in [7, 11) is 0. The zero-order valence-electron chi connectivity index (χ0n) is 14.6.